The third kappa shape index (κ3) is 1.27. The van der Waals surface area contributed by atoms with Crippen LogP contribution < -0.4 is 5.73 Å². The molecule has 1 aromatic heterocycles. The smallest absolute Gasteiger partial charge is 0.0419 e. The van der Waals surface area contributed by atoms with Gasteiger partial charge in [0.15, 0.2) is 0 Å². The number of aromatic nitrogens is 1. The first-order valence-corrected chi connectivity index (χ1v) is 4.73. The summed E-state index contributed by atoms with van der Waals surface area (Å²) in [4.78, 5) is 3.41. The SMILES string of the molecule is CC(N)c1cc2c([nH]1)CCCC2. The van der Waals surface area contributed by atoms with E-state index in [9.17, 15) is 0 Å². The molecular weight excluding hydrogens is 148 g/mol. The minimum Gasteiger partial charge on any atom is -0.361 e. The quantitative estimate of drug-likeness (QED) is 0.654. The molecule has 1 aliphatic rings. The van der Waals surface area contributed by atoms with Crippen LogP contribution in [0, 0.1) is 0 Å². The van der Waals surface area contributed by atoms with E-state index in [1.54, 1.807) is 0 Å². The first-order valence-electron chi connectivity index (χ1n) is 4.73. The van der Waals surface area contributed by atoms with Crippen molar-refractivity contribution in [2.24, 2.45) is 5.73 Å². The van der Waals surface area contributed by atoms with Crippen LogP contribution in [0.3, 0.4) is 0 Å². The molecule has 1 aliphatic carbocycles. The molecule has 1 aromatic rings. The van der Waals surface area contributed by atoms with Crippen LogP contribution in [-0.2, 0) is 12.8 Å². The van der Waals surface area contributed by atoms with Gasteiger partial charge in [0.2, 0.25) is 0 Å². The van der Waals surface area contributed by atoms with Gasteiger partial charge in [0, 0.05) is 17.4 Å². The summed E-state index contributed by atoms with van der Waals surface area (Å²) < 4.78 is 0. The van der Waals surface area contributed by atoms with Gasteiger partial charge in [0.1, 0.15) is 0 Å². The minimum absolute atomic E-state index is 0.149. The molecule has 0 amide bonds. The molecule has 0 saturated carbocycles. The number of nitrogens with one attached hydrogen (secondary N) is 1. The molecule has 2 heteroatoms. The maximum absolute atomic E-state index is 5.79. The molecule has 0 saturated heterocycles. The van der Waals surface area contributed by atoms with E-state index in [1.165, 1.54) is 42.6 Å². The number of hydrogen-bond donors (Lipinski definition) is 2. The first-order chi connectivity index (χ1) is 5.77. The maximum Gasteiger partial charge on any atom is 0.0419 e. The van der Waals surface area contributed by atoms with Gasteiger partial charge in [-0.05, 0) is 44.2 Å². The molecule has 3 N–H and O–H groups in total. The highest BCUT2D eigenvalue weighted by atomic mass is 14.8. The third-order valence-corrected chi connectivity index (χ3v) is 2.63. The molecule has 0 radical (unpaired) electrons. The van der Waals surface area contributed by atoms with Gasteiger partial charge >= 0.3 is 0 Å². The van der Waals surface area contributed by atoms with E-state index in [2.05, 4.69) is 11.1 Å². The second-order valence-electron chi connectivity index (χ2n) is 3.72. The number of aromatic amines is 1. The van der Waals surface area contributed by atoms with Gasteiger partial charge in [-0.3, -0.25) is 0 Å². The van der Waals surface area contributed by atoms with Crippen LogP contribution >= 0.6 is 0 Å². The van der Waals surface area contributed by atoms with E-state index in [1.807, 2.05) is 6.92 Å². The van der Waals surface area contributed by atoms with E-state index in [0.717, 1.165) is 0 Å². The molecule has 1 unspecified atom stereocenters. The number of H-pyrrole nitrogens is 1. The predicted molar refractivity (Wildman–Crippen MR) is 50.0 cm³/mol. The summed E-state index contributed by atoms with van der Waals surface area (Å²) in [5, 5.41) is 0. The zero-order chi connectivity index (χ0) is 8.55. The molecule has 0 spiro atoms. The Morgan fingerprint density at radius 1 is 1.42 bits per heavy atom. The number of hydrogen-bond acceptors (Lipinski definition) is 1. The van der Waals surface area contributed by atoms with Crippen molar-refractivity contribution >= 4 is 0 Å². The lowest BCUT2D eigenvalue weighted by molar-refractivity contribution is 0.674. The molecule has 0 aromatic carbocycles. The van der Waals surface area contributed by atoms with Crippen LogP contribution in [0.2, 0.25) is 0 Å². The predicted octanol–water partition coefficient (Wildman–Crippen LogP) is 1.91. The summed E-state index contributed by atoms with van der Waals surface area (Å²) in [6, 6.07) is 2.38. The molecule has 0 fully saturated rings. The van der Waals surface area contributed by atoms with Crippen molar-refractivity contribution in [2.75, 3.05) is 0 Å². The lowest BCUT2D eigenvalue weighted by Crippen LogP contribution is -2.05. The molecule has 1 heterocycles. The molecule has 2 nitrogen and oxygen atoms in total. The largest absolute Gasteiger partial charge is 0.361 e. The zero-order valence-electron chi connectivity index (χ0n) is 7.56. The Morgan fingerprint density at radius 3 is 2.83 bits per heavy atom. The standard InChI is InChI=1S/C10H16N2/c1-7(11)10-6-8-4-2-3-5-9(8)12-10/h6-7,12H,2-5,11H2,1H3. The van der Waals surface area contributed by atoms with Crippen LogP contribution in [0.25, 0.3) is 0 Å². The normalized spacial score (nSPS) is 18.8. The fraction of sp³-hybridized carbons (Fsp3) is 0.600. The second-order valence-corrected chi connectivity index (χ2v) is 3.72. The van der Waals surface area contributed by atoms with Crippen molar-refractivity contribution in [1.29, 1.82) is 0 Å². The van der Waals surface area contributed by atoms with Crippen molar-refractivity contribution in [2.45, 2.75) is 38.6 Å². The van der Waals surface area contributed by atoms with E-state index in [-0.39, 0.29) is 6.04 Å². The van der Waals surface area contributed by atoms with Gasteiger partial charge in [-0.2, -0.15) is 0 Å². The van der Waals surface area contributed by atoms with Gasteiger partial charge < -0.3 is 10.7 Å². The summed E-state index contributed by atoms with van der Waals surface area (Å²) >= 11 is 0. The number of rotatable bonds is 1. The van der Waals surface area contributed by atoms with E-state index < -0.39 is 0 Å². The van der Waals surface area contributed by atoms with Crippen LogP contribution in [0.5, 0.6) is 0 Å². The van der Waals surface area contributed by atoms with Gasteiger partial charge in [0.05, 0.1) is 0 Å². The van der Waals surface area contributed by atoms with E-state index in [0.29, 0.717) is 0 Å². The Balaban J connectivity index is 2.32. The molecule has 2 rings (SSSR count). The van der Waals surface area contributed by atoms with Gasteiger partial charge in [0.25, 0.3) is 0 Å². The summed E-state index contributed by atoms with van der Waals surface area (Å²) in [5.74, 6) is 0. The zero-order valence-corrected chi connectivity index (χ0v) is 7.56. The van der Waals surface area contributed by atoms with Crippen LogP contribution in [-0.4, -0.2) is 4.98 Å². The van der Waals surface area contributed by atoms with Crippen molar-refractivity contribution in [1.82, 2.24) is 4.98 Å². The summed E-state index contributed by atoms with van der Waals surface area (Å²) in [5.41, 5.74) is 9.91. The average molecular weight is 164 g/mol. The Hall–Kier alpha value is -0.760. The highest BCUT2D eigenvalue weighted by Crippen LogP contribution is 2.23. The first kappa shape index (κ1) is 7.87. The van der Waals surface area contributed by atoms with Crippen LogP contribution in [0.15, 0.2) is 6.07 Å². The Labute approximate surface area is 73.2 Å². The molecular formula is C10H16N2. The minimum atomic E-state index is 0.149. The summed E-state index contributed by atoms with van der Waals surface area (Å²) in [6.07, 6.45) is 5.11. The molecule has 0 bridgehead atoms. The molecule has 0 aliphatic heterocycles. The molecule has 1 atom stereocenters. The van der Waals surface area contributed by atoms with Gasteiger partial charge in [-0.1, -0.05) is 0 Å². The summed E-state index contributed by atoms with van der Waals surface area (Å²) in [6.45, 7) is 2.03. The number of fused-ring (bicyclic) bond motifs is 1. The highest BCUT2D eigenvalue weighted by Gasteiger charge is 2.13. The third-order valence-electron chi connectivity index (χ3n) is 2.63. The van der Waals surface area contributed by atoms with E-state index >= 15 is 0 Å². The van der Waals surface area contributed by atoms with E-state index in [4.69, 9.17) is 5.73 Å². The number of aryl methyl sites for hydroxylation is 2. The van der Waals surface area contributed by atoms with Crippen molar-refractivity contribution in [3.8, 4) is 0 Å². The maximum atomic E-state index is 5.79. The topological polar surface area (TPSA) is 41.8 Å². The lowest BCUT2D eigenvalue weighted by atomic mass is 9.98. The van der Waals surface area contributed by atoms with Crippen molar-refractivity contribution in [3.05, 3.63) is 23.0 Å². The van der Waals surface area contributed by atoms with Gasteiger partial charge in [-0.15, -0.1) is 0 Å². The molecule has 12 heavy (non-hydrogen) atoms. The highest BCUT2D eigenvalue weighted by molar-refractivity contribution is 5.29. The lowest BCUT2D eigenvalue weighted by Gasteiger charge is -2.09. The second kappa shape index (κ2) is 2.94. The van der Waals surface area contributed by atoms with Gasteiger partial charge in [-0.25, -0.2) is 0 Å². The monoisotopic (exact) mass is 164 g/mol. The average Bonchev–Trinajstić information content (AvgIpc) is 2.46. The Bertz CT molecular complexity index is 250. The van der Waals surface area contributed by atoms with Crippen molar-refractivity contribution < 1.29 is 0 Å². The fourth-order valence-corrected chi connectivity index (χ4v) is 1.87. The van der Waals surface area contributed by atoms with Crippen LogP contribution in [0.4, 0.5) is 0 Å². The van der Waals surface area contributed by atoms with Crippen molar-refractivity contribution in [3.63, 3.8) is 0 Å². The summed E-state index contributed by atoms with van der Waals surface area (Å²) in [7, 11) is 0. The number of nitrogens with two attached hydrogens (primary N) is 1. The Morgan fingerprint density at radius 2 is 2.17 bits per heavy atom. The van der Waals surface area contributed by atoms with Crippen LogP contribution in [0.1, 0.15) is 42.8 Å². The Kier molecular flexibility index (Phi) is 1.93. The fourth-order valence-electron chi connectivity index (χ4n) is 1.87. The molecule has 66 valence electrons.